The maximum atomic E-state index is 13.0. The molecule has 136 valence electrons. The van der Waals surface area contributed by atoms with Gasteiger partial charge in [-0.2, -0.15) is 0 Å². The second-order valence-corrected chi connectivity index (χ2v) is 8.18. The van der Waals surface area contributed by atoms with Gasteiger partial charge < -0.3 is 10.6 Å². The molecule has 26 heavy (non-hydrogen) atoms. The molecule has 3 aliphatic rings. The van der Waals surface area contributed by atoms with Crippen molar-refractivity contribution in [2.45, 2.75) is 37.3 Å². The number of hydrogen-bond donors (Lipinski definition) is 2. The Morgan fingerprint density at radius 1 is 1.08 bits per heavy atom. The summed E-state index contributed by atoms with van der Waals surface area (Å²) in [7, 11) is 0. The summed E-state index contributed by atoms with van der Waals surface area (Å²) in [6, 6.07) is 15.3. The fourth-order valence-corrected chi connectivity index (χ4v) is 4.77. The molecule has 0 radical (unpaired) electrons. The number of carbonyl (C=O) groups is 1. The summed E-state index contributed by atoms with van der Waals surface area (Å²) in [5.41, 5.74) is 1.43. The number of hydrogen-bond acceptors (Lipinski definition) is 2. The van der Waals surface area contributed by atoms with Gasteiger partial charge in [-0.1, -0.05) is 59.6 Å². The van der Waals surface area contributed by atoms with Crippen LogP contribution in [0.25, 0.3) is 0 Å². The molecule has 1 saturated carbocycles. The van der Waals surface area contributed by atoms with Gasteiger partial charge in [-0.05, 0) is 55.8 Å². The van der Waals surface area contributed by atoms with Crippen molar-refractivity contribution in [2.75, 3.05) is 6.54 Å². The maximum Gasteiger partial charge on any atom is 0.253 e. The fourth-order valence-electron chi connectivity index (χ4n) is 4.39. The minimum atomic E-state index is -0.185. The van der Waals surface area contributed by atoms with Crippen LogP contribution in [-0.4, -0.2) is 18.0 Å². The van der Waals surface area contributed by atoms with E-state index in [2.05, 4.69) is 22.8 Å². The normalized spacial score (nSPS) is 25.7. The number of carbonyl (C=O) groups excluding carboxylic acids is 1. The predicted octanol–water partition coefficient (Wildman–Crippen LogP) is 5.00. The molecule has 5 rings (SSSR count). The Morgan fingerprint density at radius 2 is 1.81 bits per heavy atom. The van der Waals surface area contributed by atoms with E-state index in [1.54, 1.807) is 18.2 Å². The molecule has 2 aliphatic heterocycles. The summed E-state index contributed by atoms with van der Waals surface area (Å²) in [6.45, 7) is 1.02. The van der Waals surface area contributed by atoms with Gasteiger partial charge in [-0.3, -0.25) is 4.79 Å². The highest BCUT2D eigenvalue weighted by atomic mass is 35.5. The van der Waals surface area contributed by atoms with Crippen LogP contribution in [-0.2, 0) is 0 Å². The lowest BCUT2D eigenvalue weighted by Gasteiger charge is -2.52. The van der Waals surface area contributed by atoms with Gasteiger partial charge >= 0.3 is 0 Å². The van der Waals surface area contributed by atoms with Crippen molar-refractivity contribution < 1.29 is 4.79 Å². The van der Waals surface area contributed by atoms with E-state index < -0.39 is 0 Å². The number of benzene rings is 2. The van der Waals surface area contributed by atoms with Crippen molar-refractivity contribution in [3.05, 3.63) is 69.7 Å². The lowest BCUT2D eigenvalue weighted by molar-refractivity contribution is 0.0676. The molecule has 1 unspecified atom stereocenters. The monoisotopic (exact) mass is 388 g/mol. The summed E-state index contributed by atoms with van der Waals surface area (Å²) in [5, 5.41) is 7.69. The lowest BCUT2D eigenvalue weighted by atomic mass is 9.67. The predicted molar refractivity (Wildman–Crippen MR) is 106 cm³/mol. The van der Waals surface area contributed by atoms with Crippen molar-refractivity contribution in [3.63, 3.8) is 0 Å². The molecule has 0 aromatic heterocycles. The van der Waals surface area contributed by atoms with E-state index in [0.29, 0.717) is 15.6 Å². The van der Waals surface area contributed by atoms with Gasteiger partial charge in [0.25, 0.3) is 5.91 Å². The van der Waals surface area contributed by atoms with E-state index in [1.165, 1.54) is 12.8 Å². The van der Waals surface area contributed by atoms with Crippen LogP contribution in [0.3, 0.4) is 0 Å². The minimum absolute atomic E-state index is 0.100. The van der Waals surface area contributed by atoms with Crippen LogP contribution >= 0.6 is 23.2 Å². The topological polar surface area (TPSA) is 41.1 Å². The number of piperidine rings is 2. The molecular formula is C21H22Cl2N2O. The zero-order valence-electron chi connectivity index (χ0n) is 14.5. The molecule has 5 heteroatoms. The number of nitrogens with one attached hydrogen (secondary N) is 2. The molecule has 3 fully saturated rings. The number of halogens is 2. The summed E-state index contributed by atoms with van der Waals surface area (Å²) in [5.74, 6) is 0.585. The number of rotatable bonds is 4. The highest BCUT2D eigenvalue weighted by molar-refractivity contribution is 6.43. The molecule has 1 amide bonds. The van der Waals surface area contributed by atoms with Crippen LogP contribution in [0.4, 0.5) is 0 Å². The van der Waals surface area contributed by atoms with Crippen LogP contribution in [0.5, 0.6) is 0 Å². The van der Waals surface area contributed by atoms with Crippen LogP contribution in [0.15, 0.2) is 48.5 Å². The first-order valence-electron chi connectivity index (χ1n) is 9.14. The van der Waals surface area contributed by atoms with E-state index in [4.69, 9.17) is 23.2 Å². The molecule has 2 aromatic rings. The van der Waals surface area contributed by atoms with E-state index in [9.17, 15) is 4.79 Å². The summed E-state index contributed by atoms with van der Waals surface area (Å²) in [6.07, 6.45) is 4.57. The van der Waals surface area contributed by atoms with Gasteiger partial charge in [0.05, 0.1) is 21.7 Å². The number of fused-ring (bicyclic) bond motifs is 3. The summed E-state index contributed by atoms with van der Waals surface area (Å²) >= 11 is 12.4. The first-order chi connectivity index (χ1) is 12.6. The zero-order valence-corrected chi connectivity index (χ0v) is 16.0. The lowest BCUT2D eigenvalue weighted by Crippen LogP contribution is -2.62. The second kappa shape index (κ2) is 7.22. The largest absolute Gasteiger partial charge is 0.343 e. The van der Waals surface area contributed by atoms with E-state index in [1.807, 2.05) is 18.2 Å². The van der Waals surface area contributed by atoms with Crippen LogP contribution in [0.2, 0.25) is 10.0 Å². The molecular weight excluding hydrogens is 367 g/mol. The Hall–Kier alpha value is -1.55. The van der Waals surface area contributed by atoms with Crippen molar-refractivity contribution in [2.24, 2.45) is 5.92 Å². The number of amides is 1. The van der Waals surface area contributed by atoms with Gasteiger partial charge in [0.2, 0.25) is 0 Å². The van der Waals surface area contributed by atoms with Crippen molar-refractivity contribution in [1.29, 1.82) is 0 Å². The van der Waals surface area contributed by atoms with Crippen LogP contribution in [0.1, 0.15) is 47.6 Å². The smallest absolute Gasteiger partial charge is 0.253 e. The van der Waals surface area contributed by atoms with Crippen molar-refractivity contribution in [1.82, 2.24) is 10.6 Å². The molecule has 3 nitrogen and oxygen atoms in total. The van der Waals surface area contributed by atoms with Gasteiger partial charge in [-0.25, -0.2) is 0 Å². The van der Waals surface area contributed by atoms with Gasteiger partial charge in [-0.15, -0.1) is 0 Å². The van der Waals surface area contributed by atoms with E-state index in [0.717, 1.165) is 30.9 Å². The quantitative estimate of drug-likeness (QED) is 0.773. The Labute approximate surface area is 164 Å². The third kappa shape index (κ3) is 3.24. The van der Waals surface area contributed by atoms with Crippen LogP contribution < -0.4 is 10.6 Å². The third-order valence-electron chi connectivity index (χ3n) is 5.90. The third-order valence-corrected chi connectivity index (χ3v) is 6.72. The average Bonchev–Trinajstić information content (AvgIpc) is 2.70. The van der Waals surface area contributed by atoms with Gasteiger partial charge in [0.15, 0.2) is 0 Å². The van der Waals surface area contributed by atoms with E-state index >= 15 is 0 Å². The summed E-state index contributed by atoms with van der Waals surface area (Å²) in [4.78, 5) is 13.0. The van der Waals surface area contributed by atoms with Gasteiger partial charge in [0, 0.05) is 5.54 Å². The molecule has 1 atom stereocenters. The first-order valence-corrected chi connectivity index (χ1v) is 9.89. The SMILES string of the molecule is O=C(NC(c1ccccc1)C12CCC(CC1)CN2)c1cccc(Cl)c1Cl. The molecule has 2 N–H and O–H groups in total. The average molecular weight is 389 g/mol. The molecule has 2 heterocycles. The standard InChI is InChI=1S/C21H22Cl2N2O/c22-17-8-4-7-16(18(17)23)20(26)25-19(15-5-2-1-3-6-15)21-11-9-14(10-12-21)13-24-21/h1-8,14,19,24H,9-13H2,(H,25,26). The van der Waals surface area contributed by atoms with Crippen molar-refractivity contribution >= 4 is 29.1 Å². The highest BCUT2D eigenvalue weighted by Crippen LogP contribution is 2.44. The molecule has 0 spiro atoms. The Morgan fingerprint density at radius 3 is 2.46 bits per heavy atom. The molecule has 2 saturated heterocycles. The molecule has 1 aliphatic carbocycles. The fraction of sp³-hybridized carbons (Fsp3) is 0.381. The zero-order chi connectivity index (χ0) is 18.1. The van der Waals surface area contributed by atoms with Crippen molar-refractivity contribution in [3.8, 4) is 0 Å². The first kappa shape index (κ1) is 17.8. The Balaban J connectivity index is 1.67. The minimum Gasteiger partial charge on any atom is -0.343 e. The molecule has 2 aromatic carbocycles. The molecule has 2 bridgehead atoms. The van der Waals surface area contributed by atoms with E-state index in [-0.39, 0.29) is 17.5 Å². The van der Waals surface area contributed by atoms with Gasteiger partial charge in [0.1, 0.15) is 0 Å². The summed E-state index contributed by atoms with van der Waals surface area (Å²) < 4.78 is 0. The Bertz CT molecular complexity index is 787. The maximum absolute atomic E-state index is 13.0. The second-order valence-electron chi connectivity index (χ2n) is 7.40. The Kier molecular flexibility index (Phi) is 4.96. The van der Waals surface area contributed by atoms with Crippen LogP contribution in [0, 0.1) is 5.92 Å². The highest BCUT2D eigenvalue weighted by Gasteiger charge is 2.46.